The summed E-state index contributed by atoms with van der Waals surface area (Å²) in [6.45, 7) is 0. The molecule has 1 aliphatic heterocycles. The Labute approximate surface area is 92.5 Å². The molecule has 1 fully saturated rings. The van der Waals surface area contributed by atoms with Crippen LogP contribution in [0.3, 0.4) is 0 Å². The van der Waals surface area contributed by atoms with Gasteiger partial charge in [-0.2, -0.15) is 0 Å². The number of ether oxygens (including phenoxy) is 1. The Morgan fingerprint density at radius 1 is 0.812 bits per heavy atom. The maximum absolute atomic E-state index is 9.73. The van der Waals surface area contributed by atoms with Gasteiger partial charge in [0.1, 0.15) is 24.4 Å². The molecule has 1 aliphatic rings. The zero-order valence-corrected chi connectivity index (χ0v) is 8.47. The summed E-state index contributed by atoms with van der Waals surface area (Å²) in [7, 11) is 0. The van der Waals surface area contributed by atoms with Gasteiger partial charge >= 0.3 is 0 Å². The smallest absolute Gasteiger partial charge is 0.184 e. The maximum atomic E-state index is 9.73. The summed E-state index contributed by atoms with van der Waals surface area (Å²) in [5.74, 6) is 0. The molecule has 5 atom stereocenters. The molecule has 4 N–H and O–H groups in total. The van der Waals surface area contributed by atoms with Gasteiger partial charge in [0.2, 0.25) is 0 Å². The van der Waals surface area contributed by atoms with Crippen LogP contribution in [0.4, 0.5) is 0 Å². The minimum atomic E-state index is -1.50. The van der Waals surface area contributed by atoms with Gasteiger partial charge in [-0.1, -0.05) is 30.3 Å². The third kappa shape index (κ3) is 1.95. The van der Waals surface area contributed by atoms with Crippen LogP contribution in [0, 0.1) is 0 Å². The molecule has 5 heteroatoms. The Bertz CT molecular complexity index is 341. The second kappa shape index (κ2) is 4.48. The zero-order chi connectivity index (χ0) is 11.7. The molecule has 1 saturated heterocycles. The molecule has 0 amide bonds. The molecule has 1 aromatic rings. The van der Waals surface area contributed by atoms with Crippen molar-refractivity contribution in [1.82, 2.24) is 0 Å². The SMILES string of the molecule is O[C@@H]1[C@@H](O)[C@@H](O)O[C@H](c2ccccc2)[C@H]1O. The summed E-state index contributed by atoms with van der Waals surface area (Å²) >= 11 is 0. The predicted octanol–water partition coefficient (Wildman–Crippen LogP) is -0.841. The first-order valence-electron chi connectivity index (χ1n) is 5.04. The average Bonchev–Trinajstić information content (AvgIpc) is 2.32. The number of rotatable bonds is 1. The lowest BCUT2D eigenvalue weighted by molar-refractivity contribution is -0.284. The predicted molar refractivity (Wildman–Crippen MR) is 54.3 cm³/mol. The van der Waals surface area contributed by atoms with Gasteiger partial charge in [0.05, 0.1) is 0 Å². The first-order chi connectivity index (χ1) is 7.61. The fraction of sp³-hybridized carbons (Fsp3) is 0.455. The summed E-state index contributed by atoms with van der Waals surface area (Å²) < 4.78 is 5.06. The van der Waals surface area contributed by atoms with Gasteiger partial charge in [0.25, 0.3) is 0 Å². The van der Waals surface area contributed by atoms with Crippen molar-refractivity contribution in [3.63, 3.8) is 0 Å². The lowest BCUT2D eigenvalue weighted by Gasteiger charge is -2.38. The van der Waals surface area contributed by atoms with Crippen LogP contribution in [-0.4, -0.2) is 45.0 Å². The van der Waals surface area contributed by atoms with Gasteiger partial charge in [0.15, 0.2) is 6.29 Å². The highest BCUT2D eigenvalue weighted by Crippen LogP contribution is 2.31. The van der Waals surface area contributed by atoms with Crippen molar-refractivity contribution in [3.05, 3.63) is 35.9 Å². The van der Waals surface area contributed by atoms with Gasteiger partial charge in [-0.05, 0) is 5.56 Å². The number of hydrogen-bond donors (Lipinski definition) is 4. The Morgan fingerprint density at radius 2 is 1.44 bits per heavy atom. The van der Waals surface area contributed by atoms with Crippen molar-refractivity contribution in [3.8, 4) is 0 Å². The van der Waals surface area contributed by atoms with E-state index >= 15 is 0 Å². The molecular weight excluding hydrogens is 212 g/mol. The van der Waals surface area contributed by atoms with E-state index in [0.29, 0.717) is 5.56 Å². The van der Waals surface area contributed by atoms with Crippen molar-refractivity contribution in [2.24, 2.45) is 0 Å². The van der Waals surface area contributed by atoms with E-state index in [1.54, 1.807) is 30.3 Å². The van der Waals surface area contributed by atoms with Gasteiger partial charge < -0.3 is 25.2 Å². The molecule has 1 aromatic carbocycles. The summed E-state index contributed by atoms with van der Waals surface area (Å²) in [6, 6.07) is 8.75. The Morgan fingerprint density at radius 3 is 2.06 bits per heavy atom. The topological polar surface area (TPSA) is 90.2 Å². The van der Waals surface area contributed by atoms with Crippen LogP contribution in [-0.2, 0) is 4.74 Å². The third-order valence-corrected chi connectivity index (χ3v) is 2.72. The molecule has 1 heterocycles. The maximum Gasteiger partial charge on any atom is 0.184 e. The first-order valence-corrected chi connectivity index (χ1v) is 5.04. The highest BCUT2D eigenvalue weighted by Gasteiger charge is 2.43. The minimum absolute atomic E-state index is 0.639. The van der Waals surface area contributed by atoms with Crippen molar-refractivity contribution in [2.45, 2.75) is 30.7 Å². The van der Waals surface area contributed by atoms with Gasteiger partial charge in [-0.15, -0.1) is 0 Å². The van der Waals surface area contributed by atoms with Crippen molar-refractivity contribution < 1.29 is 25.2 Å². The fourth-order valence-corrected chi connectivity index (χ4v) is 1.78. The number of aliphatic hydroxyl groups is 4. The third-order valence-electron chi connectivity index (χ3n) is 2.72. The van der Waals surface area contributed by atoms with E-state index in [-0.39, 0.29) is 0 Å². The Hall–Kier alpha value is -0.980. The number of aliphatic hydroxyl groups excluding tert-OH is 4. The van der Waals surface area contributed by atoms with E-state index in [4.69, 9.17) is 4.74 Å². The zero-order valence-electron chi connectivity index (χ0n) is 8.47. The summed E-state index contributed by atoms with van der Waals surface area (Å²) in [6.07, 6.45) is -6.51. The second-order valence-corrected chi connectivity index (χ2v) is 3.83. The molecule has 0 unspecified atom stereocenters. The average molecular weight is 226 g/mol. The van der Waals surface area contributed by atoms with Gasteiger partial charge in [-0.25, -0.2) is 0 Å². The van der Waals surface area contributed by atoms with E-state index in [0.717, 1.165) is 0 Å². The van der Waals surface area contributed by atoms with E-state index < -0.39 is 30.7 Å². The lowest BCUT2D eigenvalue weighted by atomic mass is 9.94. The normalized spacial score (nSPS) is 39.6. The van der Waals surface area contributed by atoms with Crippen molar-refractivity contribution in [2.75, 3.05) is 0 Å². The van der Waals surface area contributed by atoms with Crippen LogP contribution in [0.25, 0.3) is 0 Å². The molecule has 0 aliphatic carbocycles. The highest BCUT2D eigenvalue weighted by molar-refractivity contribution is 5.20. The molecule has 0 saturated carbocycles. The molecule has 5 nitrogen and oxygen atoms in total. The van der Waals surface area contributed by atoms with Crippen LogP contribution in [0.1, 0.15) is 11.7 Å². The van der Waals surface area contributed by atoms with Crippen molar-refractivity contribution >= 4 is 0 Å². The molecule has 0 aromatic heterocycles. The molecule has 16 heavy (non-hydrogen) atoms. The van der Waals surface area contributed by atoms with Gasteiger partial charge in [0, 0.05) is 0 Å². The quantitative estimate of drug-likeness (QED) is 0.501. The molecule has 0 bridgehead atoms. The lowest BCUT2D eigenvalue weighted by Crippen LogP contribution is -2.54. The standard InChI is InChI=1S/C11H14O5/c12-7-8(13)10(16-11(15)9(7)14)6-4-2-1-3-5-6/h1-5,7-15H/t7-,8-,9+,10+,11-/m0/s1. The molecule has 0 spiro atoms. The molecular formula is C11H14O5. The Balaban J connectivity index is 2.23. The Kier molecular flexibility index (Phi) is 3.22. The summed E-state index contributed by atoms with van der Waals surface area (Å²) in [5.41, 5.74) is 0.639. The van der Waals surface area contributed by atoms with E-state index in [1.807, 2.05) is 0 Å². The fourth-order valence-electron chi connectivity index (χ4n) is 1.78. The van der Waals surface area contributed by atoms with Gasteiger partial charge in [-0.3, -0.25) is 0 Å². The largest absolute Gasteiger partial charge is 0.387 e. The van der Waals surface area contributed by atoms with E-state index in [1.165, 1.54) is 0 Å². The van der Waals surface area contributed by atoms with Crippen LogP contribution < -0.4 is 0 Å². The molecule has 0 radical (unpaired) electrons. The molecule has 88 valence electrons. The number of benzene rings is 1. The van der Waals surface area contributed by atoms with E-state index in [9.17, 15) is 20.4 Å². The van der Waals surface area contributed by atoms with Crippen LogP contribution in [0.2, 0.25) is 0 Å². The second-order valence-electron chi connectivity index (χ2n) is 3.83. The summed E-state index contributed by atoms with van der Waals surface area (Å²) in [5, 5.41) is 37.9. The van der Waals surface area contributed by atoms with E-state index in [2.05, 4.69) is 0 Å². The van der Waals surface area contributed by atoms with Crippen LogP contribution >= 0.6 is 0 Å². The van der Waals surface area contributed by atoms with Crippen LogP contribution in [0.15, 0.2) is 30.3 Å². The minimum Gasteiger partial charge on any atom is -0.387 e. The van der Waals surface area contributed by atoms with Crippen LogP contribution in [0.5, 0.6) is 0 Å². The first kappa shape index (κ1) is 11.5. The number of hydrogen-bond acceptors (Lipinski definition) is 5. The monoisotopic (exact) mass is 226 g/mol. The highest BCUT2D eigenvalue weighted by atomic mass is 16.6. The summed E-state index contributed by atoms with van der Waals surface area (Å²) in [4.78, 5) is 0. The molecule has 2 rings (SSSR count). The van der Waals surface area contributed by atoms with Crippen molar-refractivity contribution in [1.29, 1.82) is 0 Å².